The molecule has 0 rings (SSSR count). The molecular weight excluding hydrogens is 246 g/mol. The average molecular weight is 277 g/mol. The highest BCUT2D eigenvalue weighted by Crippen LogP contribution is 2.28. The second-order valence-corrected chi connectivity index (χ2v) is 7.40. The zero-order chi connectivity index (χ0) is 13.9. The SMILES string of the molecule is CCCNCCC(C)[Si](OCC)(OCC)OCC. The molecule has 0 heterocycles. The topological polar surface area (TPSA) is 39.7 Å². The number of nitrogens with one attached hydrogen (secondary N) is 1. The van der Waals surface area contributed by atoms with Crippen LogP contribution in [0.25, 0.3) is 0 Å². The zero-order valence-electron chi connectivity index (χ0n) is 12.8. The minimum Gasteiger partial charge on any atom is -0.374 e. The van der Waals surface area contributed by atoms with E-state index in [1.807, 2.05) is 20.8 Å². The van der Waals surface area contributed by atoms with E-state index < -0.39 is 8.80 Å². The van der Waals surface area contributed by atoms with Gasteiger partial charge in [0.2, 0.25) is 0 Å². The normalized spacial score (nSPS) is 13.8. The molecule has 0 bridgehead atoms. The third kappa shape index (κ3) is 6.29. The summed E-state index contributed by atoms with van der Waals surface area (Å²) in [6.45, 7) is 14.4. The fourth-order valence-electron chi connectivity index (χ4n) is 1.95. The highest BCUT2D eigenvalue weighted by atomic mass is 28.4. The molecule has 0 aromatic carbocycles. The summed E-state index contributed by atoms with van der Waals surface area (Å²) in [5.74, 6) is 0. The van der Waals surface area contributed by atoms with Crippen LogP contribution >= 0.6 is 0 Å². The highest BCUT2D eigenvalue weighted by molar-refractivity contribution is 6.62. The van der Waals surface area contributed by atoms with Crippen molar-refractivity contribution in [3.05, 3.63) is 0 Å². The van der Waals surface area contributed by atoms with Gasteiger partial charge in [-0.2, -0.15) is 0 Å². The molecule has 0 aromatic heterocycles. The number of hydrogen-bond acceptors (Lipinski definition) is 4. The molecule has 0 aromatic rings. The highest BCUT2D eigenvalue weighted by Gasteiger charge is 2.46. The Morgan fingerprint density at radius 3 is 1.78 bits per heavy atom. The lowest BCUT2D eigenvalue weighted by atomic mass is 10.3. The molecule has 0 amide bonds. The molecule has 1 atom stereocenters. The van der Waals surface area contributed by atoms with Crippen molar-refractivity contribution in [2.75, 3.05) is 32.9 Å². The molecule has 1 N–H and O–H groups in total. The molecule has 1 unspecified atom stereocenters. The molecule has 18 heavy (non-hydrogen) atoms. The summed E-state index contributed by atoms with van der Waals surface area (Å²) >= 11 is 0. The predicted octanol–water partition coefficient (Wildman–Crippen LogP) is 2.81. The summed E-state index contributed by atoms with van der Waals surface area (Å²) in [6, 6.07) is 0. The molecule has 0 aliphatic carbocycles. The summed E-state index contributed by atoms with van der Waals surface area (Å²) in [4.78, 5) is 0. The summed E-state index contributed by atoms with van der Waals surface area (Å²) in [5, 5.41) is 3.42. The van der Waals surface area contributed by atoms with Gasteiger partial charge < -0.3 is 18.6 Å². The van der Waals surface area contributed by atoms with Crippen molar-refractivity contribution < 1.29 is 13.3 Å². The van der Waals surface area contributed by atoms with Gasteiger partial charge in [0.05, 0.1) is 0 Å². The van der Waals surface area contributed by atoms with Crippen molar-refractivity contribution >= 4 is 8.80 Å². The average Bonchev–Trinajstić information content (AvgIpc) is 2.35. The van der Waals surface area contributed by atoms with Crippen LogP contribution in [0, 0.1) is 0 Å². The van der Waals surface area contributed by atoms with Gasteiger partial charge in [-0.05, 0) is 46.7 Å². The van der Waals surface area contributed by atoms with E-state index in [9.17, 15) is 0 Å². The quantitative estimate of drug-likeness (QED) is 0.440. The third-order valence-electron chi connectivity index (χ3n) is 2.82. The van der Waals surface area contributed by atoms with E-state index in [0.29, 0.717) is 25.4 Å². The van der Waals surface area contributed by atoms with Crippen molar-refractivity contribution in [1.29, 1.82) is 0 Å². The largest absolute Gasteiger partial charge is 0.503 e. The second kappa shape index (κ2) is 10.9. The maximum absolute atomic E-state index is 5.90. The second-order valence-electron chi connectivity index (χ2n) is 4.34. The van der Waals surface area contributed by atoms with Crippen molar-refractivity contribution in [1.82, 2.24) is 5.32 Å². The first kappa shape index (κ1) is 18.1. The standard InChI is InChI=1S/C13H31NO3Si/c1-6-11-14-12-10-13(5)18(15-7-2,16-8-3)17-9-4/h13-14H,6-12H2,1-5H3. The lowest BCUT2D eigenvalue weighted by molar-refractivity contribution is 0.0615. The summed E-state index contributed by atoms with van der Waals surface area (Å²) in [6.07, 6.45) is 2.20. The van der Waals surface area contributed by atoms with Crippen LogP contribution in [0.2, 0.25) is 5.54 Å². The van der Waals surface area contributed by atoms with Gasteiger partial charge in [0.15, 0.2) is 0 Å². The fraction of sp³-hybridized carbons (Fsp3) is 1.00. The molecule has 0 saturated carbocycles. The number of rotatable bonds is 12. The van der Waals surface area contributed by atoms with E-state index in [1.54, 1.807) is 0 Å². The first-order chi connectivity index (χ1) is 8.66. The Balaban J connectivity index is 4.39. The van der Waals surface area contributed by atoms with Crippen LogP contribution in [0.5, 0.6) is 0 Å². The van der Waals surface area contributed by atoms with Crippen LogP contribution in [-0.4, -0.2) is 41.7 Å². The Hall–Kier alpha value is 0.0569. The van der Waals surface area contributed by atoms with Gasteiger partial charge in [-0.1, -0.05) is 13.8 Å². The third-order valence-corrected chi connectivity index (χ3v) is 6.39. The minimum atomic E-state index is -2.50. The molecule has 0 fully saturated rings. The molecule has 0 aliphatic rings. The molecule has 110 valence electrons. The summed E-state index contributed by atoms with van der Waals surface area (Å²) in [7, 11) is -2.50. The summed E-state index contributed by atoms with van der Waals surface area (Å²) in [5.41, 5.74) is 0.335. The van der Waals surface area contributed by atoms with Gasteiger partial charge in [-0.3, -0.25) is 0 Å². The van der Waals surface area contributed by atoms with Gasteiger partial charge in [0, 0.05) is 25.4 Å². The van der Waals surface area contributed by atoms with Crippen LogP contribution in [0.1, 0.15) is 47.5 Å². The zero-order valence-corrected chi connectivity index (χ0v) is 13.8. The van der Waals surface area contributed by atoms with Crippen LogP contribution in [0.4, 0.5) is 0 Å². The van der Waals surface area contributed by atoms with Gasteiger partial charge in [0.1, 0.15) is 0 Å². The Kier molecular flexibility index (Phi) is 11.0. The van der Waals surface area contributed by atoms with Crippen LogP contribution in [0.3, 0.4) is 0 Å². The van der Waals surface area contributed by atoms with Gasteiger partial charge in [-0.25, -0.2) is 0 Å². The maximum atomic E-state index is 5.90. The first-order valence-electron chi connectivity index (χ1n) is 7.29. The Morgan fingerprint density at radius 1 is 0.889 bits per heavy atom. The predicted molar refractivity (Wildman–Crippen MR) is 77.8 cm³/mol. The Morgan fingerprint density at radius 2 is 1.39 bits per heavy atom. The van der Waals surface area contributed by atoms with Crippen molar-refractivity contribution in [2.45, 2.75) is 53.0 Å². The maximum Gasteiger partial charge on any atom is 0.503 e. The fourth-order valence-corrected chi connectivity index (χ4v) is 4.76. The van der Waals surface area contributed by atoms with Gasteiger partial charge in [-0.15, -0.1) is 0 Å². The molecule has 4 nitrogen and oxygen atoms in total. The molecule has 0 saturated heterocycles. The molecule has 0 spiro atoms. The monoisotopic (exact) mass is 277 g/mol. The van der Waals surface area contributed by atoms with Gasteiger partial charge in [0.25, 0.3) is 0 Å². The smallest absolute Gasteiger partial charge is 0.374 e. The molecule has 0 aliphatic heterocycles. The van der Waals surface area contributed by atoms with E-state index in [0.717, 1.165) is 19.5 Å². The van der Waals surface area contributed by atoms with Crippen molar-refractivity contribution in [3.8, 4) is 0 Å². The first-order valence-corrected chi connectivity index (χ1v) is 9.09. The van der Waals surface area contributed by atoms with E-state index in [-0.39, 0.29) is 0 Å². The van der Waals surface area contributed by atoms with Crippen LogP contribution < -0.4 is 5.32 Å². The van der Waals surface area contributed by atoms with E-state index in [1.165, 1.54) is 6.42 Å². The van der Waals surface area contributed by atoms with E-state index in [4.69, 9.17) is 13.3 Å². The Labute approximate surface area is 114 Å². The summed E-state index contributed by atoms with van der Waals surface area (Å²) < 4.78 is 17.7. The lowest BCUT2D eigenvalue weighted by Crippen LogP contribution is -2.50. The molecule has 5 heteroatoms. The number of hydrogen-bond donors (Lipinski definition) is 1. The molecular formula is C13H31NO3Si. The van der Waals surface area contributed by atoms with Crippen LogP contribution in [-0.2, 0) is 13.3 Å². The van der Waals surface area contributed by atoms with E-state index in [2.05, 4.69) is 19.2 Å². The van der Waals surface area contributed by atoms with E-state index >= 15 is 0 Å². The van der Waals surface area contributed by atoms with Crippen molar-refractivity contribution in [2.24, 2.45) is 0 Å². The van der Waals surface area contributed by atoms with Crippen molar-refractivity contribution in [3.63, 3.8) is 0 Å². The van der Waals surface area contributed by atoms with Crippen LogP contribution in [0.15, 0.2) is 0 Å². The minimum absolute atomic E-state index is 0.335. The Bertz CT molecular complexity index is 176. The molecule has 0 radical (unpaired) electrons. The van der Waals surface area contributed by atoms with Gasteiger partial charge >= 0.3 is 8.80 Å². The lowest BCUT2D eigenvalue weighted by Gasteiger charge is -2.33.